The van der Waals surface area contributed by atoms with Gasteiger partial charge in [-0.1, -0.05) is 13.1 Å². The quantitative estimate of drug-likeness (QED) is 0.455. The molecule has 0 N–H and O–H groups in total. The second kappa shape index (κ2) is 2.57. The van der Waals surface area contributed by atoms with E-state index in [0.29, 0.717) is 0 Å². The summed E-state index contributed by atoms with van der Waals surface area (Å²) in [6.07, 6.45) is 0. The van der Waals surface area contributed by atoms with E-state index in [0.717, 1.165) is 0 Å². The van der Waals surface area contributed by atoms with Crippen LogP contribution in [0.2, 0.25) is 19.1 Å². The Morgan fingerprint density at radius 1 is 1.09 bits per heavy atom. The fourth-order valence-corrected chi connectivity index (χ4v) is 4.03. The van der Waals surface area contributed by atoms with Gasteiger partial charge in [0.15, 0.2) is 0 Å². The fraction of sp³-hybridized carbons (Fsp3) is 1.00. The van der Waals surface area contributed by atoms with E-state index in [-0.39, 0.29) is 0 Å². The Balaban J connectivity index is 1.72. The van der Waals surface area contributed by atoms with Crippen molar-refractivity contribution in [2.45, 2.75) is 19.1 Å². The van der Waals surface area contributed by atoms with E-state index >= 15 is 0 Å². The SMILES string of the molecule is C[Si](C)(CCN1CC1)N1CC1. The minimum atomic E-state index is -0.901. The molecule has 0 aromatic heterocycles. The van der Waals surface area contributed by atoms with Crippen LogP contribution in [0, 0.1) is 0 Å². The van der Waals surface area contributed by atoms with Crippen LogP contribution in [-0.4, -0.2) is 50.4 Å². The summed E-state index contributed by atoms with van der Waals surface area (Å²) >= 11 is 0. The van der Waals surface area contributed by atoms with Crippen LogP contribution in [0.1, 0.15) is 0 Å². The maximum absolute atomic E-state index is 2.69. The lowest BCUT2D eigenvalue weighted by atomic mass is 10.8. The van der Waals surface area contributed by atoms with E-state index in [1.54, 1.807) is 0 Å². The van der Waals surface area contributed by atoms with Gasteiger partial charge in [-0.15, -0.1) is 0 Å². The molecule has 0 atom stereocenters. The maximum Gasteiger partial charge on any atom is 0.123 e. The lowest BCUT2D eigenvalue weighted by Crippen LogP contribution is -2.38. The van der Waals surface area contributed by atoms with E-state index in [9.17, 15) is 0 Å². The summed E-state index contributed by atoms with van der Waals surface area (Å²) in [5.74, 6) is 0. The van der Waals surface area contributed by atoms with Crippen molar-refractivity contribution in [1.82, 2.24) is 9.47 Å². The molecule has 0 spiro atoms. The lowest BCUT2D eigenvalue weighted by Gasteiger charge is -2.23. The Labute approximate surface area is 70.3 Å². The van der Waals surface area contributed by atoms with Gasteiger partial charge in [0.25, 0.3) is 0 Å². The normalized spacial score (nSPS) is 25.6. The highest BCUT2D eigenvalue weighted by atomic mass is 28.3. The van der Waals surface area contributed by atoms with Gasteiger partial charge in [-0.3, -0.25) is 0 Å². The number of hydrogen-bond acceptors (Lipinski definition) is 2. The van der Waals surface area contributed by atoms with E-state index in [4.69, 9.17) is 0 Å². The predicted molar refractivity (Wildman–Crippen MR) is 50.3 cm³/mol. The van der Waals surface area contributed by atoms with Gasteiger partial charge in [0.05, 0.1) is 0 Å². The molecule has 0 bridgehead atoms. The van der Waals surface area contributed by atoms with Gasteiger partial charge in [0.1, 0.15) is 8.24 Å². The zero-order valence-electron chi connectivity index (χ0n) is 7.64. The highest BCUT2D eigenvalue weighted by molar-refractivity contribution is 6.75. The summed E-state index contributed by atoms with van der Waals surface area (Å²) in [5.41, 5.74) is 0. The van der Waals surface area contributed by atoms with Gasteiger partial charge in [-0.05, 0) is 12.6 Å². The Kier molecular flexibility index (Phi) is 1.82. The van der Waals surface area contributed by atoms with Crippen molar-refractivity contribution < 1.29 is 0 Å². The van der Waals surface area contributed by atoms with Crippen LogP contribution in [0.3, 0.4) is 0 Å². The topological polar surface area (TPSA) is 6.02 Å². The van der Waals surface area contributed by atoms with E-state index < -0.39 is 8.24 Å². The lowest BCUT2D eigenvalue weighted by molar-refractivity contribution is 0.582. The molecule has 0 unspecified atom stereocenters. The summed E-state index contributed by atoms with van der Waals surface area (Å²) in [6.45, 7) is 11.9. The van der Waals surface area contributed by atoms with Gasteiger partial charge in [0, 0.05) is 26.2 Å². The van der Waals surface area contributed by atoms with Crippen molar-refractivity contribution in [2.75, 3.05) is 32.7 Å². The van der Waals surface area contributed by atoms with Crippen LogP contribution >= 0.6 is 0 Å². The van der Waals surface area contributed by atoms with Crippen LogP contribution in [0.5, 0.6) is 0 Å². The highest BCUT2D eigenvalue weighted by Crippen LogP contribution is 2.23. The minimum Gasteiger partial charge on any atom is -0.321 e. The van der Waals surface area contributed by atoms with Gasteiger partial charge >= 0.3 is 0 Å². The van der Waals surface area contributed by atoms with Crippen LogP contribution in [0.15, 0.2) is 0 Å². The third kappa shape index (κ3) is 2.04. The molecule has 2 nitrogen and oxygen atoms in total. The largest absolute Gasteiger partial charge is 0.321 e. The first-order valence-electron chi connectivity index (χ1n) is 4.66. The van der Waals surface area contributed by atoms with Crippen LogP contribution < -0.4 is 0 Å². The molecule has 0 aromatic rings. The second-order valence-corrected chi connectivity index (χ2v) is 9.15. The second-order valence-electron chi connectivity index (χ2n) is 4.39. The number of hydrogen-bond donors (Lipinski definition) is 0. The summed E-state index contributed by atoms with van der Waals surface area (Å²) in [7, 11) is -0.901. The van der Waals surface area contributed by atoms with Gasteiger partial charge in [0.2, 0.25) is 0 Å². The van der Waals surface area contributed by atoms with Crippen LogP contribution in [0.4, 0.5) is 0 Å². The van der Waals surface area contributed by atoms with E-state index in [2.05, 4.69) is 22.6 Å². The zero-order chi connectivity index (χ0) is 7.90. The molecule has 2 fully saturated rings. The molecular formula is C8H18N2Si. The molecule has 2 heterocycles. The predicted octanol–water partition coefficient (Wildman–Crippen LogP) is 0.823. The fourth-order valence-electron chi connectivity index (χ4n) is 1.54. The Morgan fingerprint density at radius 2 is 1.73 bits per heavy atom. The molecule has 64 valence electrons. The first-order valence-corrected chi connectivity index (χ1v) is 7.81. The number of nitrogens with zero attached hydrogens (tertiary/aromatic N) is 2. The molecule has 0 amide bonds. The molecule has 11 heavy (non-hydrogen) atoms. The summed E-state index contributed by atoms with van der Waals surface area (Å²) in [5, 5.41) is 0. The summed E-state index contributed by atoms with van der Waals surface area (Å²) in [6, 6.07) is 1.48. The highest BCUT2D eigenvalue weighted by Gasteiger charge is 2.37. The Bertz CT molecular complexity index is 150. The van der Waals surface area contributed by atoms with Crippen molar-refractivity contribution in [3.05, 3.63) is 0 Å². The molecule has 2 aliphatic heterocycles. The average Bonchev–Trinajstić information content (AvgIpc) is 2.79. The molecule has 3 heteroatoms. The Hall–Kier alpha value is 0.137. The van der Waals surface area contributed by atoms with Crippen molar-refractivity contribution in [1.29, 1.82) is 0 Å². The van der Waals surface area contributed by atoms with Gasteiger partial charge in [-0.2, -0.15) is 0 Å². The van der Waals surface area contributed by atoms with Crippen molar-refractivity contribution in [2.24, 2.45) is 0 Å². The molecule has 2 aliphatic rings. The van der Waals surface area contributed by atoms with Gasteiger partial charge < -0.3 is 9.47 Å². The van der Waals surface area contributed by atoms with Gasteiger partial charge in [-0.25, -0.2) is 0 Å². The average molecular weight is 170 g/mol. The number of rotatable bonds is 4. The molecular weight excluding hydrogens is 152 g/mol. The third-order valence-corrected chi connectivity index (χ3v) is 6.49. The monoisotopic (exact) mass is 170 g/mol. The van der Waals surface area contributed by atoms with Crippen molar-refractivity contribution in [3.8, 4) is 0 Å². The standard InChI is InChI=1S/C8H18N2Si/c1-11(2,10-5-6-10)8-7-9-3-4-9/h3-8H2,1-2H3. The minimum absolute atomic E-state index is 0.901. The molecule has 0 aliphatic carbocycles. The van der Waals surface area contributed by atoms with Crippen LogP contribution in [-0.2, 0) is 0 Å². The van der Waals surface area contributed by atoms with Crippen LogP contribution in [0.25, 0.3) is 0 Å². The summed E-state index contributed by atoms with van der Waals surface area (Å²) < 4.78 is 2.69. The van der Waals surface area contributed by atoms with Crippen molar-refractivity contribution >= 4 is 8.24 Å². The molecule has 0 saturated carbocycles. The molecule has 2 rings (SSSR count). The van der Waals surface area contributed by atoms with Crippen molar-refractivity contribution in [3.63, 3.8) is 0 Å². The van der Waals surface area contributed by atoms with E-state index in [1.165, 1.54) is 38.8 Å². The first kappa shape index (κ1) is 7.77. The van der Waals surface area contributed by atoms with E-state index in [1.807, 2.05) is 0 Å². The third-order valence-electron chi connectivity index (χ3n) is 2.88. The first-order chi connectivity index (χ1) is 5.18. The Morgan fingerprint density at radius 3 is 2.18 bits per heavy atom. The summed E-state index contributed by atoms with van der Waals surface area (Å²) in [4.78, 5) is 2.54. The molecule has 0 radical (unpaired) electrons. The zero-order valence-corrected chi connectivity index (χ0v) is 8.64. The molecule has 2 saturated heterocycles. The maximum atomic E-state index is 2.69. The molecule has 0 aromatic carbocycles. The smallest absolute Gasteiger partial charge is 0.123 e.